The molecule has 3 aromatic rings. The van der Waals surface area contributed by atoms with Gasteiger partial charge in [-0.05, 0) is 24.3 Å². The number of benzene rings is 2. The molecule has 2 aromatic carbocycles. The predicted octanol–water partition coefficient (Wildman–Crippen LogP) is 3.40. The topological polar surface area (TPSA) is 102 Å². The number of rotatable bonds is 6. The molecule has 3 rings (SSSR count). The molecule has 28 heavy (non-hydrogen) atoms. The average molecular weight is 383 g/mol. The van der Waals surface area contributed by atoms with Gasteiger partial charge in [0.15, 0.2) is 11.5 Å². The lowest BCUT2D eigenvalue weighted by Gasteiger charge is -2.14. The molecule has 0 bridgehead atoms. The largest absolute Gasteiger partial charge is 0.493 e. The second-order valence-electron chi connectivity index (χ2n) is 5.98. The second kappa shape index (κ2) is 7.91. The number of fused-ring (bicyclic) bond motifs is 1. The van der Waals surface area contributed by atoms with Crippen molar-refractivity contribution in [3.63, 3.8) is 0 Å². The van der Waals surface area contributed by atoms with E-state index in [9.17, 15) is 9.59 Å². The van der Waals surface area contributed by atoms with Crippen LogP contribution >= 0.6 is 0 Å². The number of methoxy groups -OCH3 is 3. The van der Waals surface area contributed by atoms with Crippen LogP contribution in [-0.2, 0) is 4.79 Å². The SMILES string of the molecule is COc1cc2[nH]cc(C(=O)Nc3ccc(NC(C)=O)cc3)c2c(OC)c1OC. The minimum absolute atomic E-state index is 0.160. The summed E-state index contributed by atoms with van der Waals surface area (Å²) >= 11 is 0. The highest BCUT2D eigenvalue weighted by atomic mass is 16.5. The zero-order chi connectivity index (χ0) is 20.3. The quantitative estimate of drug-likeness (QED) is 0.605. The Morgan fingerprint density at radius 1 is 0.893 bits per heavy atom. The van der Waals surface area contributed by atoms with Gasteiger partial charge < -0.3 is 29.8 Å². The number of hydrogen-bond acceptors (Lipinski definition) is 5. The van der Waals surface area contributed by atoms with Crippen LogP contribution < -0.4 is 24.8 Å². The number of aromatic nitrogens is 1. The molecular weight excluding hydrogens is 362 g/mol. The molecule has 0 aliphatic rings. The minimum Gasteiger partial charge on any atom is -0.493 e. The third-order valence-corrected chi connectivity index (χ3v) is 4.18. The molecular formula is C20H21N3O5. The van der Waals surface area contributed by atoms with E-state index in [4.69, 9.17) is 14.2 Å². The fraction of sp³-hybridized carbons (Fsp3) is 0.200. The Kier molecular flexibility index (Phi) is 5.39. The number of hydrogen-bond donors (Lipinski definition) is 3. The van der Waals surface area contributed by atoms with Gasteiger partial charge >= 0.3 is 0 Å². The molecule has 0 spiro atoms. The molecule has 0 saturated heterocycles. The lowest BCUT2D eigenvalue weighted by atomic mass is 10.1. The number of aromatic amines is 1. The van der Waals surface area contributed by atoms with Crippen molar-refractivity contribution in [3.8, 4) is 17.2 Å². The average Bonchev–Trinajstić information content (AvgIpc) is 3.11. The molecule has 0 saturated carbocycles. The molecule has 146 valence electrons. The second-order valence-corrected chi connectivity index (χ2v) is 5.98. The summed E-state index contributed by atoms with van der Waals surface area (Å²) in [4.78, 5) is 27.0. The lowest BCUT2D eigenvalue weighted by Crippen LogP contribution is -2.12. The Morgan fingerprint density at radius 3 is 2.04 bits per heavy atom. The van der Waals surface area contributed by atoms with Crippen molar-refractivity contribution in [2.75, 3.05) is 32.0 Å². The van der Waals surface area contributed by atoms with Gasteiger partial charge in [-0.1, -0.05) is 0 Å². The highest BCUT2D eigenvalue weighted by Gasteiger charge is 2.22. The number of carbonyl (C=O) groups is 2. The lowest BCUT2D eigenvalue weighted by molar-refractivity contribution is -0.114. The van der Waals surface area contributed by atoms with Gasteiger partial charge in [-0.2, -0.15) is 0 Å². The smallest absolute Gasteiger partial charge is 0.257 e. The first kappa shape index (κ1) is 19.1. The van der Waals surface area contributed by atoms with Crippen LogP contribution in [0.25, 0.3) is 10.9 Å². The van der Waals surface area contributed by atoms with E-state index in [-0.39, 0.29) is 11.8 Å². The Labute approximate surface area is 161 Å². The summed E-state index contributed by atoms with van der Waals surface area (Å²) in [5, 5.41) is 6.10. The van der Waals surface area contributed by atoms with E-state index in [1.165, 1.54) is 28.3 Å². The van der Waals surface area contributed by atoms with E-state index in [1.807, 2.05) is 0 Å². The minimum atomic E-state index is -0.316. The van der Waals surface area contributed by atoms with E-state index >= 15 is 0 Å². The monoisotopic (exact) mass is 383 g/mol. The van der Waals surface area contributed by atoms with E-state index < -0.39 is 0 Å². The fourth-order valence-electron chi connectivity index (χ4n) is 2.98. The highest BCUT2D eigenvalue weighted by molar-refractivity contribution is 6.15. The van der Waals surface area contributed by atoms with Crippen LogP contribution in [0.3, 0.4) is 0 Å². The Hall–Kier alpha value is -3.68. The molecule has 0 unspecified atom stereocenters. The van der Waals surface area contributed by atoms with Crippen LogP contribution in [0.4, 0.5) is 11.4 Å². The van der Waals surface area contributed by atoms with Crippen LogP contribution in [-0.4, -0.2) is 38.1 Å². The van der Waals surface area contributed by atoms with Gasteiger partial charge in [-0.3, -0.25) is 9.59 Å². The van der Waals surface area contributed by atoms with Gasteiger partial charge in [0.2, 0.25) is 11.7 Å². The van der Waals surface area contributed by atoms with Crippen molar-refractivity contribution in [3.05, 3.63) is 42.1 Å². The number of nitrogens with one attached hydrogen (secondary N) is 3. The first-order valence-corrected chi connectivity index (χ1v) is 8.47. The van der Waals surface area contributed by atoms with E-state index in [2.05, 4.69) is 15.6 Å². The van der Waals surface area contributed by atoms with Gasteiger partial charge in [-0.15, -0.1) is 0 Å². The van der Waals surface area contributed by atoms with Gasteiger partial charge in [0.05, 0.1) is 37.8 Å². The van der Waals surface area contributed by atoms with E-state index in [1.54, 1.807) is 36.5 Å². The van der Waals surface area contributed by atoms with Crippen molar-refractivity contribution in [2.24, 2.45) is 0 Å². The van der Waals surface area contributed by atoms with Crippen LogP contribution in [0.1, 0.15) is 17.3 Å². The Bertz CT molecular complexity index is 1020. The van der Waals surface area contributed by atoms with E-state index in [0.717, 1.165) is 0 Å². The molecule has 0 fully saturated rings. The maximum absolute atomic E-state index is 12.8. The summed E-state index contributed by atoms with van der Waals surface area (Å²) in [6.45, 7) is 1.43. The first-order valence-electron chi connectivity index (χ1n) is 8.47. The normalized spacial score (nSPS) is 10.4. The highest BCUT2D eigenvalue weighted by Crippen LogP contribution is 2.44. The van der Waals surface area contributed by atoms with Gasteiger partial charge in [-0.25, -0.2) is 0 Å². The molecule has 0 aliphatic carbocycles. The van der Waals surface area contributed by atoms with Gasteiger partial charge in [0.1, 0.15) is 0 Å². The predicted molar refractivity (Wildman–Crippen MR) is 107 cm³/mol. The summed E-state index contributed by atoms with van der Waals surface area (Å²) in [5.41, 5.74) is 2.32. The summed E-state index contributed by atoms with van der Waals surface area (Å²) in [6.07, 6.45) is 1.60. The maximum atomic E-state index is 12.8. The van der Waals surface area contributed by atoms with Crippen molar-refractivity contribution < 1.29 is 23.8 Å². The Morgan fingerprint density at radius 2 is 1.50 bits per heavy atom. The molecule has 1 heterocycles. The van der Waals surface area contributed by atoms with Gasteiger partial charge in [0, 0.05) is 30.6 Å². The van der Waals surface area contributed by atoms with Crippen molar-refractivity contribution in [2.45, 2.75) is 6.92 Å². The third-order valence-electron chi connectivity index (χ3n) is 4.18. The number of anilines is 2. The zero-order valence-corrected chi connectivity index (χ0v) is 16.0. The fourth-order valence-corrected chi connectivity index (χ4v) is 2.98. The molecule has 3 N–H and O–H groups in total. The zero-order valence-electron chi connectivity index (χ0n) is 16.0. The van der Waals surface area contributed by atoms with Crippen LogP contribution in [0.15, 0.2) is 36.5 Å². The van der Waals surface area contributed by atoms with Crippen molar-refractivity contribution in [1.82, 2.24) is 4.98 Å². The first-order chi connectivity index (χ1) is 13.5. The summed E-state index contributed by atoms with van der Waals surface area (Å²) < 4.78 is 16.2. The third kappa shape index (κ3) is 3.57. The van der Waals surface area contributed by atoms with E-state index in [0.29, 0.717) is 45.1 Å². The van der Waals surface area contributed by atoms with Gasteiger partial charge in [0.25, 0.3) is 5.91 Å². The molecule has 2 amide bonds. The Balaban J connectivity index is 1.95. The number of ether oxygens (including phenoxy) is 3. The van der Waals surface area contributed by atoms with Crippen LogP contribution in [0, 0.1) is 0 Å². The summed E-state index contributed by atoms with van der Waals surface area (Å²) in [6, 6.07) is 8.58. The van der Waals surface area contributed by atoms with Crippen molar-refractivity contribution >= 4 is 34.1 Å². The molecule has 8 nitrogen and oxygen atoms in total. The molecule has 0 radical (unpaired) electrons. The van der Waals surface area contributed by atoms with Crippen molar-refractivity contribution in [1.29, 1.82) is 0 Å². The molecule has 1 aromatic heterocycles. The standard InChI is InChI=1S/C20H21N3O5/c1-11(24)22-12-5-7-13(8-6-12)23-20(25)14-10-21-15-9-16(26-2)18(27-3)19(28-4)17(14)15/h5-10,21H,1-4H3,(H,22,24)(H,23,25). The number of H-pyrrole nitrogens is 1. The van der Waals surface area contributed by atoms with Crippen LogP contribution in [0.2, 0.25) is 0 Å². The van der Waals surface area contributed by atoms with Crippen LogP contribution in [0.5, 0.6) is 17.2 Å². The summed E-state index contributed by atoms with van der Waals surface area (Å²) in [5.74, 6) is 0.834. The number of amides is 2. The summed E-state index contributed by atoms with van der Waals surface area (Å²) in [7, 11) is 4.55. The molecule has 0 aliphatic heterocycles. The number of carbonyl (C=O) groups excluding carboxylic acids is 2. The molecule has 8 heteroatoms. The molecule has 0 atom stereocenters. The maximum Gasteiger partial charge on any atom is 0.257 e.